The molecule has 0 bridgehead atoms. The zero-order valence-corrected chi connectivity index (χ0v) is 13.2. The van der Waals surface area contributed by atoms with Crippen LogP contribution >= 0.6 is 0 Å². The Morgan fingerprint density at radius 3 is 2.57 bits per heavy atom. The summed E-state index contributed by atoms with van der Waals surface area (Å²) in [7, 11) is -3.47. The highest BCUT2D eigenvalue weighted by molar-refractivity contribution is 7.89. The van der Waals surface area contributed by atoms with Crippen LogP contribution in [0, 0.1) is 0 Å². The van der Waals surface area contributed by atoms with Crippen molar-refractivity contribution in [3.05, 3.63) is 60.4 Å². The van der Waals surface area contributed by atoms with E-state index in [0.717, 1.165) is 5.56 Å². The number of anilines is 1. The standard InChI is InChI=1S/C15H18N4O3S/c20-15(19-14-6-2-1-3-7-14)17-9-10-23(21,22)18-12-13-5-4-8-16-11-13/h1-8,11,18H,9-10,12H2,(H2,17,19,20). The average Bonchev–Trinajstić information content (AvgIpc) is 2.55. The number of rotatable bonds is 7. The molecule has 0 fully saturated rings. The molecule has 122 valence electrons. The van der Waals surface area contributed by atoms with E-state index in [1.807, 2.05) is 6.07 Å². The van der Waals surface area contributed by atoms with E-state index >= 15 is 0 Å². The number of pyridine rings is 1. The molecule has 7 nitrogen and oxygen atoms in total. The van der Waals surface area contributed by atoms with Gasteiger partial charge in [0.2, 0.25) is 10.0 Å². The minimum atomic E-state index is -3.47. The third-order valence-electron chi connectivity index (χ3n) is 2.91. The number of benzene rings is 1. The van der Waals surface area contributed by atoms with E-state index in [1.165, 1.54) is 0 Å². The van der Waals surface area contributed by atoms with E-state index in [4.69, 9.17) is 0 Å². The van der Waals surface area contributed by atoms with Gasteiger partial charge in [-0.2, -0.15) is 0 Å². The number of nitrogens with one attached hydrogen (secondary N) is 3. The van der Waals surface area contributed by atoms with Gasteiger partial charge in [0, 0.05) is 31.2 Å². The average molecular weight is 334 g/mol. The lowest BCUT2D eigenvalue weighted by Crippen LogP contribution is -2.36. The number of carbonyl (C=O) groups excluding carboxylic acids is 1. The van der Waals surface area contributed by atoms with E-state index < -0.39 is 16.1 Å². The van der Waals surface area contributed by atoms with Crippen LogP contribution in [0.2, 0.25) is 0 Å². The lowest BCUT2D eigenvalue weighted by Gasteiger charge is -2.09. The minimum Gasteiger partial charge on any atom is -0.337 e. The van der Waals surface area contributed by atoms with Crippen LogP contribution in [0.3, 0.4) is 0 Å². The van der Waals surface area contributed by atoms with Crippen molar-refractivity contribution >= 4 is 21.7 Å². The van der Waals surface area contributed by atoms with Crippen molar-refractivity contribution in [3.63, 3.8) is 0 Å². The number of carbonyl (C=O) groups is 1. The van der Waals surface area contributed by atoms with Crippen molar-refractivity contribution in [2.75, 3.05) is 17.6 Å². The zero-order valence-electron chi connectivity index (χ0n) is 12.4. The smallest absolute Gasteiger partial charge is 0.319 e. The Balaban J connectivity index is 1.71. The molecular formula is C15H18N4O3S. The van der Waals surface area contributed by atoms with Gasteiger partial charge >= 0.3 is 6.03 Å². The normalized spacial score (nSPS) is 11.0. The van der Waals surface area contributed by atoms with Crippen LogP contribution in [0.5, 0.6) is 0 Å². The molecule has 0 radical (unpaired) electrons. The van der Waals surface area contributed by atoms with Crippen molar-refractivity contribution in [1.29, 1.82) is 0 Å². The summed E-state index contributed by atoms with van der Waals surface area (Å²) in [5, 5.41) is 5.12. The van der Waals surface area contributed by atoms with Gasteiger partial charge in [0.1, 0.15) is 0 Å². The van der Waals surface area contributed by atoms with Crippen molar-refractivity contribution in [3.8, 4) is 0 Å². The molecule has 23 heavy (non-hydrogen) atoms. The number of nitrogens with zero attached hydrogens (tertiary/aromatic N) is 1. The Labute approximate surface area is 135 Å². The summed E-state index contributed by atoms with van der Waals surface area (Å²) in [5.41, 5.74) is 1.41. The summed E-state index contributed by atoms with van der Waals surface area (Å²) in [5.74, 6) is -0.199. The van der Waals surface area contributed by atoms with Gasteiger partial charge in [-0.25, -0.2) is 17.9 Å². The molecule has 0 atom stereocenters. The van der Waals surface area contributed by atoms with Crippen molar-refractivity contribution in [1.82, 2.24) is 15.0 Å². The fourth-order valence-corrected chi connectivity index (χ4v) is 2.67. The van der Waals surface area contributed by atoms with Crippen molar-refractivity contribution in [2.24, 2.45) is 0 Å². The molecule has 0 saturated carbocycles. The predicted octanol–water partition coefficient (Wildman–Crippen LogP) is 1.32. The van der Waals surface area contributed by atoms with Crippen LogP contribution in [-0.4, -0.2) is 31.7 Å². The van der Waals surface area contributed by atoms with Crippen LogP contribution in [-0.2, 0) is 16.6 Å². The molecule has 1 aromatic heterocycles. The molecule has 3 N–H and O–H groups in total. The molecule has 0 spiro atoms. The van der Waals surface area contributed by atoms with Crippen molar-refractivity contribution < 1.29 is 13.2 Å². The van der Waals surface area contributed by atoms with Gasteiger partial charge < -0.3 is 10.6 Å². The quantitative estimate of drug-likeness (QED) is 0.711. The van der Waals surface area contributed by atoms with E-state index in [-0.39, 0.29) is 18.8 Å². The largest absolute Gasteiger partial charge is 0.337 e. The fourth-order valence-electron chi connectivity index (χ4n) is 1.76. The van der Waals surface area contributed by atoms with Crippen LogP contribution in [0.15, 0.2) is 54.9 Å². The highest BCUT2D eigenvalue weighted by Crippen LogP contribution is 2.04. The lowest BCUT2D eigenvalue weighted by atomic mass is 10.3. The van der Waals surface area contributed by atoms with Crippen LogP contribution in [0.25, 0.3) is 0 Å². The Morgan fingerprint density at radius 1 is 1.09 bits per heavy atom. The maximum Gasteiger partial charge on any atom is 0.319 e. The molecule has 8 heteroatoms. The second kappa shape index (κ2) is 8.25. The Morgan fingerprint density at radius 2 is 1.87 bits per heavy atom. The number of para-hydroxylation sites is 1. The first-order chi connectivity index (χ1) is 11.1. The lowest BCUT2D eigenvalue weighted by molar-refractivity contribution is 0.252. The number of amides is 2. The topological polar surface area (TPSA) is 100 Å². The maximum atomic E-state index is 11.8. The third-order valence-corrected chi connectivity index (χ3v) is 4.23. The van der Waals surface area contributed by atoms with Crippen LogP contribution in [0.1, 0.15) is 5.56 Å². The van der Waals surface area contributed by atoms with E-state index in [0.29, 0.717) is 5.69 Å². The van der Waals surface area contributed by atoms with Crippen LogP contribution in [0.4, 0.5) is 10.5 Å². The van der Waals surface area contributed by atoms with E-state index in [1.54, 1.807) is 48.8 Å². The number of aromatic nitrogens is 1. The number of sulfonamides is 1. The number of hydrogen-bond acceptors (Lipinski definition) is 4. The van der Waals surface area contributed by atoms with Gasteiger partial charge in [0.15, 0.2) is 0 Å². The van der Waals surface area contributed by atoms with Gasteiger partial charge in [-0.1, -0.05) is 24.3 Å². The first-order valence-electron chi connectivity index (χ1n) is 7.01. The first-order valence-corrected chi connectivity index (χ1v) is 8.66. The van der Waals surface area contributed by atoms with Gasteiger partial charge in [0.05, 0.1) is 5.75 Å². The summed E-state index contributed by atoms with van der Waals surface area (Å²) in [4.78, 5) is 15.5. The fraction of sp³-hybridized carbons (Fsp3) is 0.200. The zero-order chi connectivity index (χ0) is 16.5. The molecule has 2 aromatic rings. The van der Waals surface area contributed by atoms with Gasteiger partial charge in [-0.05, 0) is 23.8 Å². The highest BCUT2D eigenvalue weighted by Gasteiger charge is 2.10. The first kappa shape index (κ1) is 16.9. The Hall–Kier alpha value is -2.45. The number of hydrogen-bond donors (Lipinski definition) is 3. The predicted molar refractivity (Wildman–Crippen MR) is 88.3 cm³/mol. The molecule has 0 aliphatic carbocycles. The SMILES string of the molecule is O=C(NCCS(=O)(=O)NCc1cccnc1)Nc1ccccc1. The summed E-state index contributed by atoms with van der Waals surface area (Å²) in [6.45, 7) is 0.188. The van der Waals surface area contributed by atoms with Gasteiger partial charge in [0.25, 0.3) is 0 Å². The maximum absolute atomic E-state index is 11.8. The molecular weight excluding hydrogens is 316 g/mol. The second-order valence-electron chi connectivity index (χ2n) is 4.75. The third kappa shape index (κ3) is 6.45. The summed E-state index contributed by atoms with van der Waals surface area (Å²) in [6.07, 6.45) is 3.21. The van der Waals surface area contributed by atoms with Gasteiger partial charge in [-0.3, -0.25) is 4.98 Å². The molecule has 0 aliphatic heterocycles. The second-order valence-corrected chi connectivity index (χ2v) is 6.67. The molecule has 0 aliphatic rings. The number of urea groups is 1. The van der Waals surface area contributed by atoms with Crippen molar-refractivity contribution in [2.45, 2.75) is 6.54 Å². The molecule has 2 rings (SSSR count). The molecule has 2 amide bonds. The van der Waals surface area contributed by atoms with E-state index in [2.05, 4.69) is 20.3 Å². The van der Waals surface area contributed by atoms with E-state index in [9.17, 15) is 13.2 Å². The van der Waals surface area contributed by atoms with Gasteiger partial charge in [-0.15, -0.1) is 0 Å². The highest BCUT2D eigenvalue weighted by atomic mass is 32.2. The Bertz CT molecular complexity index is 721. The molecule has 0 saturated heterocycles. The summed E-state index contributed by atoms with van der Waals surface area (Å²) in [6, 6.07) is 12.0. The molecule has 0 unspecified atom stereocenters. The van der Waals surface area contributed by atoms with Crippen LogP contribution < -0.4 is 15.4 Å². The minimum absolute atomic E-state index is 0.0149. The summed E-state index contributed by atoms with van der Waals surface area (Å²) < 4.78 is 26.1. The Kier molecular flexibility index (Phi) is 6.07. The molecule has 1 heterocycles. The molecule has 1 aromatic carbocycles. The summed E-state index contributed by atoms with van der Waals surface area (Å²) >= 11 is 0. The monoisotopic (exact) mass is 334 g/mol.